The molecular weight excluding hydrogens is 266 g/mol. The van der Waals surface area contributed by atoms with Gasteiger partial charge in [-0.15, -0.1) is 11.3 Å². The largest absolute Gasteiger partial charge is 0.348 e. The highest BCUT2D eigenvalue weighted by Crippen LogP contribution is 2.27. The Balaban J connectivity index is 1.93. The maximum atomic E-state index is 4.80. The van der Waals surface area contributed by atoms with Gasteiger partial charge < -0.3 is 10.2 Å². The lowest BCUT2D eigenvalue weighted by Crippen LogP contribution is -2.35. The average Bonchev–Trinajstić information content (AvgIpc) is 2.69. The first-order valence-corrected chi connectivity index (χ1v) is 8.76. The molecule has 0 radical (unpaired) electrons. The minimum atomic E-state index is 0.150. The van der Waals surface area contributed by atoms with Gasteiger partial charge in [0.2, 0.25) is 0 Å². The molecule has 1 aromatic rings. The number of anilines is 1. The lowest BCUT2D eigenvalue weighted by atomic mass is 10.1. The summed E-state index contributed by atoms with van der Waals surface area (Å²) in [5, 5.41) is 6.88. The quantitative estimate of drug-likeness (QED) is 0.844. The predicted octanol–water partition coefficient (Wildman–Crippen LogP) is 4.19. The van der Waals surface area contributed by atoms with Crippen molar-refractivity contribution < 1.29 is 0 Å². The highest BCUT2D eigenvalue weighted by Gasteiger charge is 2.19. The van der Waals surface area contributed by atoms with Crippen molar-refractivity contribution in [1.82, 2.24) is 10.3 Å². The maximum absolute atomic E-state index is 4.80. The van der Waals surface area contributed by atoms with Gasteiger partial charge in [-0.1, -0.05) is 25.7 Å². The molecule has 1 aliphatic carbocycles. The molecule has 114 valence electrons. The second-order valence-corrected chi connectivity index (χ2v) is 7.82. The molecular formula is C16H29N3S. The van der Waals surface area contributed by atoms with E-state index in [0.717, 1.165) is 6.54 Å². The van der Waals surface area contributed by atoms with Crippen molar-refractivity contribution in [2.45, 2.75) is 77.4 Å². The van der Waals surface area contributed by atoms with Crippen molar-refractivity contribution in [3.05, 3.63) is 11.1 Å². The van der Waals surface area contributed by atoms with Crippen LogP contribution in [0.25, 0.3) is 0 Å². The Labute approximate surface area is 127 Å². The smallest absolute Gasteiger partial charge is 0.185 e. The van der Waals surface area contributed by atoms with Gasteiger partial charge in [0.1, 0.15) is 0 Å². The van der Waals surface area contributed by atoms with Gasteiger partial charge in [0, 0.05) is 30.6 Å². The van der Waals surface area contributed by atoms with Crippen LogP contribution in [-0.2, 0) is 6.54 Å². The number of thiazole rings is 1. The molecule has 0 saturated heterocycles. The van der Waals surface area contributed by atoms with Crippen LogP contribution in [0.3, 0.4) is 0 Å². The fraction of sp³-hybridized carbons (Fsp3) is 0.812. The summed E-state index contributed by atoms with van der Waals surface area (Å²) in [4.78, 5) is 7.21. The molecule has 0 amide bonds. The molecule has 0 atom stereocenters. The number of nitrogens with one attached hydrogen (secondary N) is 1. The van der Waals surface area contributed by atoms with Crippen LogP contribution in [0.4, 0.5) is 5.13 Å². The predicted molar refractivity (Wildman–Crippen MR) is 88.6 cm³/mol. The molecule has 1 heterocycles. The van der Waals surface area contributed by atoms with Crippen molar-refractivity contribution >= 4 is 16.5 Å². The van der Waals surface area contributed by atoms with Gasteiger partial charge >= 0.3 is 0 Å². The summed E-state index contributed by atoms with van der Waals surface area (Å²) in [5.41, 5.74) is 1.32. The van der Waals surface area contributed by atoms with Crippen LogP contribution in [-0.4, -0.2) is 23.6 Å². The Morgan fingerprint density at radius 2 is 1.90 bits per heavy atom. The highest BCUT2D eigenvalue weighted by molar-refractivity contribution is 7.13. The molecule has 0 unspecified atom stereocenters. The van der Waals surface area contributed by atoms with Crippen LogP contribution in [0.1, 0.15) is 65.0 Å². The zero-order valence-electron chi connectivity index (χ0n) is 13.4. The first-order valence-electron chi connectivity index (χ1n) is 7.88. The van der Waals surface area contributed by atoms with Gasteiger partial charge in [-0.2, -0.15) is 0 Å². The van der Waals surface area contributed by atoms with Crippen molar-refractivity contribution in [1.29, 1.82) is 0 Å². The summed E-state index contributed by atoms with van der Waals surface area (Å²) < 4.78 is 0. The van der Waals surface area contributed by atoms with Crippen molar-refractivity contribution in [3.8, 4) is 0 Å². The zero-order valence-corrected chi connectivity index (χ0v) is 14.2. The molecule has 0 aromatic carbocycles. The first-order chi connectivity index (χ1) is 9.46. The molecule has 3 nitrogen and oxygen atoms in total. The summed E-state index contributed by atoms with van der Waals surface area (Å²) in [5.74, 6) is 0. The van der Waals surface area contributed by atoms with Gasteiger partial charge in [0.15, 0.2) is 5.13 Å². The lowest BCUT2D eigenvalue weighted by molar-refractivity contribution is 0.421. The lowest BCUT2D eigenvalue weighted by Gasteiger charge is -2.26. The van der Waals surface area contributed by atoms with E-state index < -0.39 is 0 Å². The van der Waals surface area contributed by atoms with E-state index in [1.54, 1.807) is 11.3 Å². The third-order valence-corrected chi connectivity index (χ3v) is 4.99. The van der Waals surface area contributed by atoms with Crippen LogP contribution in [0.2, 0.25) is 0 Å². The Morgan fingerprint density at radius 1 is 1.25 bits per heavy atom. The summed E-state index contributed by atoms with van der Waals surface area (Å²) in [6.07, 6.45) is 8.21. The van der Waals surface area contributed by atoms with Gasteiger partial charge in [-0.05, 0) is 33.6 Å². The van der Waals surface area contributed by atoms with Gasteiger partial charge in [-0.3, -0.25) is 0 Å². The second kappa shape index (κ2) is 6.90. The standard InChI is InChI=1S/C16H29N3S/c1-16(2,3)17-11-13-12-20-15(18-13)19(4)14-9-7-5-6-8-10-14/h12,14,17H,5-11H2,1-4H3. The van der Waals surface area contributed by atoms with Crippen molar-refractivity contribution in [3.63, 3.8) is 0 Å². The third-order valence-electron chi connectivity index (χ3n) is 4.01. The van der Waals surface area contributed by atoms with E-state index in [9.17, 15) is 0 Å². The van der Waals surface area contributed by atoms with Gasteiger partial charge in [0.25, 0.3) is 0 Å². The van der Waals surface area contributed by atoms with Crippen molar-refractivity contribution in [2.24, 2.45) is 0 Å². The molecule has 20 heavy (non-hydrogen) atoms. The summed E-state index contributed by atoms with van der Waals surface area (Å²) >= 11 is 1.78. The molecule has 1 aromatic heterocycles. The maximum Gasteiger partial charge on any atom is 0.185 e. The van der Waals surface area contributed by atoms with E-state index in [4.69, 9.17) is 4.98 Å². The second-order valence-electron chi connectivity index (χ2n) is 6.98. The fourth-order valence-corrected chi connectivity index (χ4v) is 3.56. The highest BCUT2D eigenvalue weighted by atomic mass is 32.1. The van der Waals surface area contributed by atoms with E-state index in [1.165, 1.54) is 49.4 Å². The molecule has 0 bridgehead atoms. The minimum absolute atomic E-state index is 0.150. The fourth-order valence-electron chi connectivity index (χ4n) is 2.70. The van der Waals surface area contributed by atoms with Gasteiger partial charge in [-0.25, -0.2) is 4.98 Å². The van der Waals surface area contributed by atoms with Gasteiger partial charge in [0.05, 0.1) is 5.69 Å². The SMILES string of the molecule is CN(c1nc(CNC(C)(C)C)cs1)C1CCCCCC1. The molecule has 0 aliphatic heterocycles. The first kappa shape index (κ1) is 15.8. The van der Waals surface area contributed by atoms with Crippen LogP contribution in [0.15, 0.2) is 5.38 Å². The number of hydrogen-bond acceptors (Lipinski definition) is 4. The summed E-state index contributed by atoms with van der Waals surface area (Å²) in [6.45, 7) is 7.44. The Kier molecular flexibility index (Phi) is 5.44. The van der Waals surface area contributed by atoms with Crippen LogP contribution in [0.5, 0.6) is 0 Å². The molecule has 1 N–H and O–H groups in total. The Hall–Kier alpha value is -0.610. The monoisotopic (exact) mass is 295 g/mol. The zero-order chi connectivity index (χ0) is 14.6. The van der Waals surface area contributed by atoms with E-state index in [1.807, 2.05) is 0 Å². The van der Waals surface area contributed by atoms with Crippen LogP contribution >= 0.6 is 11.3 Å². The molecule has 0 spiro atoms. The molecule has 2 rings (SSSR count). The van der Waals surface area contributed by atoms with Crippen LogP contribution < -0.4 is 10.2 Å². The number of nitrogens with zero attached hydrogens (tertiary/aromatic N) is 2. The number of hydrogen-bond donors (Lipinski definition) is 1. The molecule has 1 fully saturated rings. The van der Waals surface area contributed by atoms with Crippen molar-refractivity contribution in [2.75, 3.05) is 11.9 Å². The Bertz CT molecular complexity index is 400. The van der Waals surface area contributed by atoms with E-state index in [-0.39, 0.29) is 5.54 Å². The normalized spacial score (nSPS) is 18.0. The average molecular weight is 295 g/mol. The molecule has 1 saturated carbocycles. The topological polar surface area (TPSA) is 28.2 Å². The number of aromatic nitrogens is 1. The van der Waals surface area contributed by atoms with E-state index in [0.29, 0.717) is 6.04 Å². The number of rotatable bonds is 4. The Morgan fingerprint density at radius 3 is 2.50 bits per heavy atom. The van der Waals surface area contributed by atoms with Crippen LogP contribution in [0, 0.1) is 0 Å². The summed E-state index contributed by atoms with van der Waals surface area (Å²) in [6, 6.07) is 0.687. The van der Waals surface area contributed by atoms with E-state index >= 15 is 0 Å². The molecule has 1 aliphatic rings. The molecule has 4 heteroatoms. The summed E-state index contributed by atoms with van der Waals surface area (Å²) in [7, 11) is 2.22. The third kappa shape index (κ3) is 4.74. The minimum Gasteiger partial charge on any atom is -0.348 e. The van der Waals surface area contributed by atoms with E-state index in [2.05, 4.69) is 43.4 Å².